The summed E-state index contributed by atoms with van der Waals surface area (Å²) >= 11 is 0. The van der Waals surface area contributed by atoms with E-state index in [1.807, 2.05) is 42.0 Å². The molecule has 0 amide bonds. The number of methoxy groups -OCH3 is 2. The number of ketones is 1. The molecule has 0 bridgehead atoms. The minimum absolute atomic E-state index is 0.0733. The van der Waals surface area contributed by atoms with Crippen LogP contribution in [0.3, 0.4) is 0 Å². The molecule has 1 N–H and O–H groups in total. The van der Waals surface area contributed by atoms with Gasteiger partial charge in [0.05, 0.1) is 19.9 Å². The first kappa shape index (κ1) is 22.7. The molecule has 1 heterocycles. The third kappa shape index (κ3) is 5.37. The lowest BCUT2D eigenvalue weighted by Crippen LogP contribution is -2.10. The molecule has 0 aliphatic rings. The van der Waals surface area contributed by atoms with Crippen molar-refractivity contribution in [3.63, 3.8) is 0 Å². The Bertz CT molecular complexity index is 1130. The van der Waals surface area contributed by atoms with Gasteiger partial charge in [0.15, 0.2) is 18.1 Å². The predicted octanol–water partition coefficient (Wildman–Crippen LogP) is 4.22. The van der Waals surface area contributed by atoms with Crippen molar-refractivity contribution in [2.75, 3.05) is 20.8 Å². The molecule has 7 nitrogen and oxygen atoms in total. The van der Waals surface area contributed by atoms with Crippen molar-refractivity contribution in [3.05, 3.63) is 83.2 Å². The molecule has 1 aromatic heterocycles. The highest BCUT2D eigenvalue weighted by Gasteiger charge is 2.15. The van der Waals surface area contributed by atoms with Crippen LogP contribution in [0.4, 0.5) is 0 Å². The van der Waals surface area contributed by atoms with Gasteiger partial charge in [-0.15, -0.1) is 0 Å². The number of para-hydroxylation sites is 1. The summed E-state index contributed by atoms with van der Waals surface area (Å²) in [6.45, 7) is 1.95. The number of allylic oxidation sites excluding steroid dienone is 1. The maximum atomic E-state index is 13.0. The maximum Gasteiger partial charge on any atom is 0.341 e. The SMILES string of the molecule is COc1ccc(C(=O)c2cc(C)cn2CC=Cc2cccc(OCC(=O)O)c2OC)cc1. The summed E-state index contributed by atoms with van der Waals surface area (Å²) in [5, 5.41) is 8.84. The molecular weight excluding hydrogens is 410 g/mol. The smallest absolute Gasteiger partial charge is 0.341 e. The van der Waals surface area contributed by atoms with Gasteiger partial charge in [0.1, 0.15) is 5.75 Å². The summed E-state index contributed by atoms with van der Waals surface area (Å²) in [4.78, 5) is 23.8. The lowest BCUT2D eigenvalue weighted by molar-refractivity contribution is -0.139. The van der Waals surface area contributed by atoms with Crippen LogP contribution in [0.1, 0.15) is 27.2 Å². The summed E-state index contributed by atoms with van der Waals surface area (Å²) in [6.07, 6.45) is 5.68. The average Bonchev–Trinajstić information content (AvgIpc) is 3.17. The number of aromatic nitrogens is 1. The number of carbonyl (C=O) groups is 2. The number of carboxylic acid groups (broad SMARTS) is 1. The van der Waals surface area contributed by atoms with Gasteiger partial charge in [-0.1, -0.05) is 24.3 Å². The Kier molecular flexibility index (Phi) is 7.33. The van der Waals surface area contributed by atoms with E-state index in [1.54, 1.807) is 43.5 Å². The second-order valence-corrected chi connectivity index (χ2v) is 7.08. The fourth-order valence-corrected chi connectivity index (χ4v) is 3.32. The highest BCUT2D eigenvalue weighted by Crippen LogP contribution is 2.32. The van der Waals surface area contributed by atoms with Gasteiger partial charge in [-0.05, 0) is 48.9 Å². The minimum atomic E-state index is -1.06. The number of carbonyl (C=O) groups excluding carboxylic acids is 1. The number of benzene rings is 2. The van der Waals surface area contributed by atoms with E-state index in [4.69, 9.17) is 19.3 Å². The molecule has 0 aliphatic carbocycles. The van der Waals surface area contributed by atoms with Crippen LogP contribution in [0.15, 0.2) is 60.8 Å². The second kappa shape index (κ2) is 10.3. The Labute approximate surface area is 186 Å². The van der Waals surface area contributed by atoms with Crippen LogP contribution < -0.4 is 14.2 Å². The van der Waals surface area contributed by atoms with Crippen molar-refractivity contribution in [2.24, 2.45) is 0 Å². The van der Waals surface area contributed by atoms with Crippen molar-refractivity contribution in [2.45, 2.75) is 13.5 Å². The minimum Gasteiger partial charge on any atom is -0.497 e. The number of hydrogen-bond donors (Lipinski definition) is 1. The molecule has 0 saturated heterocycles. The first-order chi connectivity index (χ1) is 15.4. The molecule has 0 unspecified atom stereocenters. The van der Waals surface area contributed by atoms with Gasteiger partial charge in [-0.3, -0.25) is 4.79 Å². The van der Waals surface area contributed by atoms with E-state index in [0.29, 0.717) is 35.1 Å². The molecular formula is C25H25NO6. The van der Waals surface area contributed by atoms with Crippen LogP contribution in [-0.2, 0) is 11.3 Å². The lowest BCUT2D eigenvalue weighted by atomic mass is 10.1. The van der Waals surface area contributed by atoms with E-state index < -0.39 is 12.6 Å². The molecule has 7 heteroatoms. The summed E-state index contributed by atoms with van der Waals surface area (Å²) in [5.74, 6) is 0.354. The van der Waals surface area contributed by atoms with Crippen LogP contribution in [0.25, 0.3) is 6.08 Å². The van der Waals surface area contributed by atoms with Crippen molar-refractivity contribution in [3.8, 4) is 17.2 Å². The zero-order valence-corrected chi connectivity index (χ0v) is 18.2. The van der Waals surface area contributed by atoms with Gasteiger partial charge in [0.2, 0.25) is 5.78 Å². The Balaban J connectivity index is 1.80. The maximum absolute atomic E-state index is 13.0. The lowest BCUT2D eigenvalue weighted by Gasteiger charge is -2.11. The molecule has 0 atom stereocenters. The fourth-order valence-electron chi connectivity index (χ4n) is 3.32. The van der Waals surface area contributed by atoms with E-state index in [1.165, 1.54) is 7.11 Å². The van der Waals surface area contributed by atoms with Crippen LogP contribution in [0.2, 0.25) is 0 Å². The van der Waals surface area contributed by atoms with Gasteiger partial charge in [-0.25, -0.2) is 4.79 Å². The van der Waals surface area contributed by atoms with Gasteiger partial charge in [0.25, 0.3) is 0 Å². The highest BCUT2D eigenvalue weighted by atomic mass is 16.5. The number of hydrogen-bond acceptors (Lipinski definition) is 5. The largest absolute Gasteiger partial charge is 0.497 e. The number of nitrogens with zero attached hydrogens (tertiary/aromatic N) is 1. The van der Waals surface area contributed by atoms with Crippen LogP contribution in [0.5, 0.6) is 17.2 Å². The molecule has 3 rings (SSSR count). The molecule has 2 aromatic carbocycles. The van der Waals surface area contributed by atoms with Crippen molar-refractivity contribution >= 4 is 17.8 Å². The Morgan fingerprint density at radius 2 is 1.81 bits per heavy atom. The molecule has 0 spiro atoms. The molecule has 0 radical (unpaired) electrons. The quantitative estimate of drug-likeness (QED) is 0.480. The van der Waals surface area contributed by atoms with E-state index in [2.05, 4.69) is 0 Å². The number of ether oxygens (including phenoxy) is 3. The monoisotopic (exact) mass is 435 g/mol. The Morgan fingerprint density at radius 3 is 2.47 bits per heavy atom. The normalized spacial score (nSPS) is 10.8. The third-order valence-electron chi connectivity index (χ3n) is 4.78. The highest BCUT2D eigenvalue weighted by molar-refractivity contribution is 6.08. The number of aryl methyl sites for hydroxylation is 1. The molecule has 166 valence electrons. The first-order valence-electron chi connectivity index (χ1n) is 9.96. The third-order valence-corrected chi connectivity index (χ3v) is 4.78. The molecule has 0 fully saturated rings. The van der Waals surface area contributed by atoms with Gasteiger partial charge < -0.3 is 23.9 Å². The first-order valence-corrected chi connectivity index (χ1v) is 9.96. The second-order valence-electron chi connectivity index (χ2n) is 7.08. The molecule has 0 saturated carbocycles. The number of rotatable bonds is 10. The zero-order valence-electron chi connectivity index (χ0n) is 18.2. The summed E-state index contributed by atoms with van der Waals surface area (Å²) in [7, 11) is 3.09. The van der Waals surface area contributed by atoms with E-state index in [0.717, 1.165) is 11.1 Å². The predicted molar refractivity (Wildman–Crippen MR) is 121 cm³/mol. The van der Waals surface area contributed by atoms with Crippen molar-refractivity contribution < 1.29 is 28.9 Å². The number of aliphatic carboxylic acids is 1. The van der Waals surface area contributed by atoms with Crippen molar-refractivity contribution in [1.82, 2.24) is 4.57 Å². The van der Waals surface area contributed by atoms with Crippen LogP contribution in [0, 0.1) is 6.92 Å². The Hall–Kier alpha value is -4.00. The average molecular weight is 435 g/mol. The number of carboxylic acids is 1. The van der Waals surface area contributed by atoms with E-state index >= 15 is 0 Å². The van der Waals surface area contributed by atoms with E-state index in [-0.39, 0.29) is 5.78 Å². The van der Waals surface area contributed by atoms with Crippen molar-refractivity contribution in [1.29, 1.82) is 0 Å². The topological polar surface area (TPSA) is 87.0 Å². The fraction of sp³-hybridized carbons (Fsp3) is 0.200. The standard InChI is InChI=1S/C25H25NO6/c1-17-14-21(24(29)18-9-11-20(30-2)12-10-18)26(15-17)13-5-7-19-6-4-8-22(25(19)31-3)32-16-23(27)28/h4-12,14-15H,13,16H2,1-3H3,(H,27,28). The summed E-state index contributed by atoms with van der Waals surface area (Å²) in [6, 6.07) is 14.1. The molecule has 32 heavy (non-hydrogen) atoms. The summed E-state index contributed by atoms with van der Waals surface area (Å²) < 4.78 is 17.8. The van der Waals surface area contributed by atoms with Gasteiger partial charge in [0, 0.05) is 23.9 Å². The molecule has 3 aromatic rings. The van der Waals surface area contributed by atoms with Crippen LogP contribution >= 0.6 is 0 Å². The summed E-state index contributed by atoms with van der Waals surface area (Å²) in [5.41, 5.74) is 2.89. The van der Waals surface area contributed by atoms with E-state index in [9.17, 15) is 9.59 Å². The Morgan fingerprint density at radius 1 is 1.06 bits per heavy atom. The zero-order chi connectivity index (χ0) is 23.1. The van der Waals surface area contributed by atoms with Crippen LogP contribution in [-0.4, -0.2) is 42.3 Å². The van der Waals surface area contributed by atoms with Gasteiger partial charge in [-0.2, -0.15) is 0 Å². The van der Waals surface area contributed by atoms with Gasteiger partial charge >= 0.3 is 5.97 Å². The molecule has 0 aliphatic heterocycles.